The molecule has 3 N–H and O–H groups in total. The third-order valence-electron chi connectivity index (χ3n) is 5.01. The van der Waals surface area contributed by atoms with E-state index in [0.717, 1.165) is 24.0 Å². The molecule has 20 heavy (non-hydrogen) atoms. The van der Waals surface area contributed by atoms with E-state index >= 15 is 0 Å². The summed E-state index contributed by atoms with van der Waals surface area (Å²) in [5, 5.41) is 0. The molecule has 4 atom stereocenters. The molecule has 0 amide bonds. The normalized spacial score (nSPS) is 28.1. The Morgan fingerprint density at radius 3 is 2.75 bits per heavy atom. The summed E-state index contributed by atoms with van der Waals surface area (Å²) in [6, 6.07) is 8.66. The molecular formula is C17H28N2O. The quantitative estimate of drug-likeness (QED) is 0.641. The SMILES string of the molecule is COc1cccc(CC(NN)C2CCC(C)C(C)C2)c1. The van der Waals surface area contributed by atoms with Gasteiger partial charge in [0, 0.05) is 6.04 Å². The highest BCUT2D eigenvalue weighted by Crippen LogP contribution is 2.35. The number of nitrogens with two attached hydrogens (primary N) is 1. The van der Waals surface area contributed by atoms with E-state index in [1.54, 1.807) is 7.11 Å². The maximum atomic E-state index is 5.82. The summed E-state index contributed by atoms with van der Waals surface area (Å²) in [5.74, 6) is 9.07. The van der Waals surface area contributed by atoms with Crippen LogP contribution in [0.1, 0.15) is 38.7 Å². The molecule has 1 fully saturated rings. The van der Waals surface area contributed by atoms with Crippen molar-refractivity contribution in [3.8, 4) is 5.75 Å². The zero-order chi connectivity index (χ0) is 14.5. The van der Waals surface area contributed by atoms with Gasteiger partial charge in [-0.3, -0.25) is 11.3 Å². The topological polar surface area (TPSA) is 47.3 Å². The van der Waals surface area contributed by atoms with E-state index in [0.29, 0.717) is 12.0 Å². The molecule has 0 spiro atoms. The molecule has 3 nitrogen and oxygen atoms in total. The molecular weight excluding hydrogens is 248 g/mol. The second kappa shape index (κ2) is 7.09. The Balaban J connectivity index is 2.01. The van der Waals surface area contributed by atoms with Gasteiger partial charge in [0.25, 0.3) is 0 Å². The van der Waals surface area contributed by atoms with Crippen molar-refractivity contribution in [3.63, 3.8) is 0 Å². The van der Waals surface area contributed by atoms with E-state index in [9.17, 15) is 0 Å². The van der Waals surface area contributed by atoms with E-state index in [1.165, 1.54) is 24.8 Å². The van der Waals surface area contributed by atoms with Crippen LogP contribution in [0.3, 0.4) is 0 Å². The number of nitrogens with one attached hydrogen (secondary N) is 1. The minimum atomic E-state index is 0.358. The molecule has 112 valence electrons. The summed E-state index contributed by atoms with van der Waals surface area (Å²) in [6.45, 7) is 4.74. The van der Waals surface area contributed by atoms with Crippen molar-refractivity contribution in [1.82, 2.24) is 5.43 Å². The second-order valence-electron chi connectivity index (χ2n) is 6.36. The molecule has 3 heteroatoms. The Hall–Kier alpha value is -1.06. The number of hydrogen-bond acceptors (Lipinski definition) is 3. The Kier molecular flexibility index (Phi) is 5.44. The Morgan fingerprint density at radius 2 is 2.10 bits per heavy atom. The molecule has 1 saturated carbocycles. The molecule has 1 aliphatic rings. The first-order chi connectivity index (χ1) is 9.63. The average molecular weight is 276 g/mol. The van der Waals surface area contributed by atoms with E-state index in [1.807, 2.05) is 12.1 Å². The third kappa shape index (κ3) is 3.74. The fourth-order valence-corrected chi connectivity index (χ4v) is 3.37. The van der Waals surface area contributed by atoms with E-state index in [4.69, 9.17) is 10.6 Å². The van der Waals surface area contributed by atoms with E-state index in [-0.39, 0.29) is 0 Å². The standard InChI is InChI=1S/C17H28N2O/c1-12-7-8-15(9-13(12)2)17(19-18)11-14-5-4-6-16(10-14)20-3/h4-6,10,12-13,15,17,19H,7-9,11,18H2,1-3H3. The summed E-state index contributed by atoms with van der Waals surface area (Å²) in [7, 11) is 1.71. The molecule has 0 aromatic heterocycles. The van der Waals surface area contributed by atoms with Crippen LogP contribution in [-0.4, -0.2) is 13.2 Å². The van der Waals surface area contributed by atoms with Crippen LogP contribution in [0.15, 0.2) is 24.3 Å². The van der Waals surface area contributed by atoms with Crippen molar-refractivity contribution in [3.05, 3.63) is 29.8 Å². The lowest BCUT2D eigenvalue weighted by molar-refractivity contribution is 0.170. The predicted octanol–water partition coefficient (Wildman–Crippen LogP) is 3.14. The number of rotatable bonds is 5. The van der Waals surface area contributed by atoms with Gasteiger partial charge in [-0.05, 0) is 54.7 Å². The van der Waals surface area contributed by atoms with Crippen LogP contribution in [-0.2, 0) is 6.42 Å². The summed E-state index contributed by atoms with van der Waals surface area (Å²) in [5.41, 5.74) is 4.34. The molecule has 0 radical (unpaired) electrons. The number of methoxy groups -OCH3 is 1. The van der Waals surface area contributed by atoms with E-state index in [2.05, 4.69) is 31.4 Å². The van der Waals surface area contributed by atoms with Crippen molar-refractivity contribution >= 4 is 0 Å². The second-order valence-corrected chi connectivity index (χ2v) is 6.36. The first kappa shape index (κ1) is 15.3. The van der Waals surface area contributed by atoms with Gasteiger partial charge in [-0.2, -0.15) is 0 Å². The highest BCUT2D eigenvalue weighted by atomic mass is 16.5. The van der Waals surface area contributed by atoms with Crippen LogP contribution < -0.4 is 16.0 Å². The maximum Gasteiger partial charge on any atom is 0.119 e. The van der Waals surface area contributed by atoms with Crippen molar-refractivity contribution in [1.29, 1.82) is 0 Å². The summed E-state index contributed by atoms with van der Waals surface area (Å²) in [4.78, 5) is 0. The van der Waals surface area contributed by atoms with Crippen LogP contribution in [0.25, 0.3) is 0 Å². The third-order valence-corrected chi connectivity index (χ3v) is 5.01. The van der Waals surface area contributed by atoms with E-state index < -0.39 is 0 Å². The monoisotopic (exact) mass is 276 g/mol. The van der Waals surface area contributed by atoms with Gasteiger partial charge in [-0.15, -0.1) is 0 Å². The summed E-state index contributed by atoms with van der Waals surface area (Å²) >= 11 is 0. The molecule has 1 aliphatic carbocycles. The van der Waals surface area contributed by atoms with Gasteiger partial charge in [0.2, 0.25) is 0 Å². The van der Waals surface area contributed by atoms with Crippen molar-refractivity contribution in [2.24, 2.45) is 23.6 Å². The lowest BCUT2D eigenvalue weighted by atomic mass is 9.72. The Labute approximate surface area is 122 Å². The molecule has 4 unspecified atom stereocenters. The lowest BCUT2D eigenvalue weighted by Gasteiger charge is -2.36. The largest absolute Gasteiger partial charge is 0.497 e. The zero-order valence-corrected chi connectivity index (χ0v) is 12.9. The van der Waals surface area contributed by atoms with Gasteiger partial charge >= 0.3 is 0 Å². The molecule has 0 heterocycles. The van der Waals surface area contributed by atoms with Crippen molar-refractivity contribution in [2.75, 3.05) is 7.11 Å². The van der Waals surface area contributed by atoms with Crippen LogP contribution >= 0.6 is 0 Å². The minimum absolute atomic E-state index is 0.358. The van der Waals surface area contributed by atoms with Crippen LogP contribution in [0.4, 0.5) is 0 Å². The smallest absolute Gasteiger partial charge is 0.119 e. The Morgan fingerprint density at radius 1 is 1.30 bits per heavy atom. The molecule has 2 rings (SSSR count). The highest BCUT2D eigenvalue weighted by molar-refractivity contribution is 5.29. The van der Waals surface area contributed by atoms with Crippen molar-refractivity contribution < 1.29 is 4.74 Å². The van der Waals surface area contributed by atoms with Gasteiger partial charge in [-0.25, -0.2) is 0 Å². The molecule has 0 bridgehead atoms. The summed E-state index contributed by atoms with van der Waals surface area (Å²) in [6.07, 6.45) is 4.85. The van der Waals surface area contributed by atoms with Crippen molar-refractivity contribution in [2.45, 2.75) is 45.6 Å². The molecule has 1 aromatic rings. The maximum absolute atomic E-state index is 5.82. The molecule has 0 saturated heterocycles. The Bertz CT molecular complexity index is 421. The van der Waals surface area contributed by atoms with Crippen LogP contribution in [0.2, 0.25) is 0 Å². The van der Waals surface area contributed by atoms with Gasteiger partial charge in [0.05, 0.1) is 7.11 Å². The van der Waals surface area contributed by atoms with Crippen LogP contribution in [0.5, 0.6) is 5.75 Å². The van der Waals surface area contributed by atoms with Crippen LogP contribution in [0, 0.1) is 17.8 Å². The van der Waals surface area contributed by atoms with Gasteiger partial charge in [0.15, 0.2) is 0 Å². The minimum Gasteiger partial charge on any atom is -0.497 e. The first-order valence-corrected chi connectivity index (χ1v) is 7.73. The fraction of sp³-hybridized carbons (Fsp3) is 0.647. The lowest BCUT2D eigenvalue weighted by Crippen LogP contribution is -2.44. The predicted molar refractivity (Wildman–Crippen MR) is 83.5 cm³/mol. The first-order valence-electron chi connectivity index (χ1n) is 7.73. The summed E-state index contributed by atoms with van der Waals surface area (Å²) < 4.78 is 5.30. The number of hydrazine groups is 1. The highest BCUT2D eigenvalue weighted by Gasteiger charge is 2.29. The zero-order valence-electron chi connectivity index (χ0n) is 12.9. The fourth-order valence-electron chi connectivity index (χ4n) is 3.37. The number of ether oxygens (including phenoxy) is 1. The number of hydrogen-bond donors (Lipinski definition) is 2. The van der Waals surface area contributed by atoms with Gasteiger partial charge in [0.1, 0.15) is 5.75 Å². The van der Waals surface area contributed by atoms with Gasteiger partial charge in [-0.1, -0.05) is 32.4 Å². The average Bonchev–Trinajstić information content (AvgIpc) is 2.48. The molecule has 0 aliphatic heterocycles. The van der Waals surface area contributed by atoms with Gasteiger partial charge < -0.3 is 4.74 Å². The number of benzene rings is 1. The molecule has 1 aromatic carbocycles.